The Hall–Kier alpha value is -1.10. The maximum atomic E-state index is 13.4. The number of hydrogen-bond acceptors (Lipinski definition) is 1. The van der Waals surface area contributed by atoms with Crippen molar-refractivity contribution < 1.29 is 22.7 Å². The van der Waals surface area contributed by atoms with E-state index in [4.69, 9.17) is 5.11 Å². The van der Waals surface area contributed by atoms with Gasteiger partial charge in [0.1, 0.15) is 5.82 Å². The summed E-state index contributed by atoms with van der Waals surface area (Å²) in [4.78, 5) is 0. The van der Waals surface area contributed by atoms with Crippen LogP contribution >= 0.6 is 0 Å². The molecule has 1 fully saturated rings. The van der Waals surface area contributed by atoms with Crippen LogP contribution in [-0.2, 0) is 12.6 Å². The van der Waals surface area contributed by atoms with Gasteiger partial charge in [0.05, 0.1) is 5.56 Å². The highest BCUT2D eigenvalue weighted by Crippen LogP contribution is 2.48. The van der Waals surface area contributed by atoms with Crippen molar-refractivity contribution in [3.05, 3.63) is 35.1 Å². The molecule has 1 aromatic rings. The third kappa shape index (κ3) is 2.60. The Balaban J connectivity index is 2.27. The number of aliphatic hydroxyl groups excluding tert-OH is 1. The highest BCUT2D eigenvalue weighted by Gasteiger charge is 2.42. The Bertz CT molecular complexity index is 421. The molecule has 0 spiro atoms. The lowest BCUT2D eigenvalue weighted by molar-refractivity contribution is -0.137. The summed E-state index contributed by atoms with van der Waals surface area (Å²) in [7, 11) is 0. The Labute approximate surface area is 96.1 Å². The summed E-state index contributed by atoms with van der Waals surface area (Å²) >= 11 is 0. The van der Waals surface area contributed by atoms with E-state index < -0.39 is 23.0 Å². The largest absolute Gasteiger partial charge is 0.416 e. The summed E-state index contributed by atoms with van der Waals surface area (Å²) in [5, 5.41) is 9.09. The van der Waals surface area contributed by atoms with Gasteiger partial charge in [0.15, 0.2) is 0 Å². The van der Waals surface area contributed by atoms with Gasteiger partial charge in [-0.2, -0.15) is 13.2 Å². The van der Waals surface area contributed by atoms with E-state index in [1.54, 1.807) is 0 Å². The third-order valence-corrected chi connectivity index (χ3v) is 3.23. The molecule has 0 amide bonds. The standard InChI is InChI=1S/C12H12F4O/c13-10-2-1-9(12(14,15)16)5-8(10)6-11(7-17)3-4-11/h1-2,5,17H,3-4,6-7H2. The van der Waals surface area contributed by atoms with E-state index in [-0.39, 0.29) is 18.6 Å². The predicted molar refractivity (Wildman–Crippen MR) is 53.9 cm³/mol. The SMILES string of the molecule is OCC1(Cc2cc(C(F)(F)F)ccc2F)CC1. The van der Waals surface area contributed by atoms with Gasteiger partial charge in [0.2, 0.25) is 0 Å². The smallest absolute Gasteiger partial charge is 0.396 e. The molecule has 0 bridgehead atoms. The zero-order chi connectivity index (χ0) is 12.7. The van der Waals surface area contributed by atoms with Crippen molar-refractivity contribution in [2.45, 2.75) is 25.4 Å². The van der Waals surface area contributed by atoms with Crippen molar-refractivity contribution in [2.24, 2.45) is 5.41 Å². The second kappa shape index (κ2) is 3.98. The van der Waals surface area contributed by atoms with E-state index >= 15 is 0 Å². The quantitative estimate of drug-likeness (QED) is 0.815. The average Bonchev–Trinajstić information content (AvgIpc) is 3.00. The first-order valence-electron chi connectivity index (χ1n) is 5.33. The van der Waals surface area contributed by atoms with Gasteiger partial charge in [-0.25, -0.2) is 4.39 Å². The summed E-state index contributed by atoms with van der Waals surface area (Å²) < 4.78 is 50.8. The van der Waals surface area contributed by atoms with E-state index in [0.29, 0.717) is 0 Å². The van der Waals surface area contributed by atoms with Gasteiger partial charge in [-0.1, -0.05) is 0 Å². The number of hydrogen-bond donors (Lipinski definition) is 1. The molecule has 0 aliphatic heterocycles. The Morgan fingerprint density at radius 2 is 1.88 bits per heavy atom. The Morgan fingerprint density at radius 3 is 2.35 bits per heavy atom. The molecule has 1 aromatic carbocycles. The maximum absolute atomic E-state index is 13.4. The van der Waals surface area contributed by atoms with E-state index in [1.807, 2.05) is 0 Å². The summed E-state index contributed by atoms with van der Waals surface area (Å²) in [5.41, 5.74) is -1.21. The summed E-state index contributed by atoms with van der Waals surface area (Å²) in [6.45, 7) is -0.108. The molecule has 0 radical (unpaired) electrons. The van der Waals surface area contributed by atoms with E-state index in [2.05, 4.69) is 0 Å². The molecule has 17 heavy (non-hydrogen) atoms. The first kappa shape index (κ1) is 12.4. The van der Waals surface area contributed by atoms with Gasteiger partial charge in [0, 0.05) is 6.61 Å². The lowest BCUT2D eigenvalue weighted by Crippen LogP contribution is -2.13. The normalized spacial score (nSPS) is 18.2. The number of aliphatic hydroxyl groups is 1. The first-order chi connectivity index (χ1) is 7.86. The fraction of sp³-hybridized carbons (Fsp3) is 0.500. The molecule has 0 aromatic heterocycles. The van der Waals surface area contributed by atoms with Gasteiger partial charge < -0.3 is 5.11 Å². The molecular weight excluding hydrogens is 236 g/mol. The second-order valence-corrected chi connectivity index (χ2v) is 4.64. The van der Waals surface area contributed by atoms with Gasteiger partial charge in [-0.15, -0.1) is 0 Å². The summed E-state index contributed by atoms with van der Waals surface area (Å²) in [6.07, 6.45) is -2.82. The van der Waals surface area contributed by atoms with Crippen LogP contribution in [0.3, 0.4) is 0 Å². The van der Waals surface area contributed by atoms with Crippen LogP contribution in [-0.4, -0.2) is 11.7 Å². The molecule has 1 aliphatic rings. The van der Waals surface area contributed by atoms with Crippen LogP contribution < -0.4 is 0 Å². The van der Waals surface area contributed by atoms with Crippen molar-refractivity contribution in [3.8, 4) is 0 Å². The number of alkyl halides is 3. The van der Waals surface area contributed by atoms with Crippen LogP contribution in [0.4, 0.5) is 17.6 Å². The minimum atomic E-state index is -4.46. The fourth-order valence-corrected chi connectivity index (χ4v) is 1.86. The minimum absolute atomic E-state index is 0.0337. The molecular formula is C12H12F4O. The highest BCUT2D eigenvalue weighted by molar-refractivity contribution is 5.29. The van der Waals surface area contributed by atoms with Crippen molar-refractivity contribution >= 4 is 0 Å². The highest BCUT2D eigenvalue weighted by atomic mass is 19.4. The van der Waals surface area contributed by atoms with E-state index in [1.165, 1.54) is 0 Å². The molecule has 0 saturated heterocycles. The Morgan fingerprint density at radius 1 is 1.24 bits per heavy atom. The molecule has 94 valence electrons. The molecule has 1 N–H and O–H groups in total. The summed E-state index contributed by atoms with van der Waals surface area (Å²) in [5.74, 6) is -0.641. The van der Waals surface area contributed by atoms with Gasteiger partial charge in [-0.05, 0) is 48.4 Å². The first-order valence-corrected chi connectivity index (χ1v) is 5.33. The Kier molecular flexibility index (Phi) is 2.89. The zero-order valence-electron chi connectivity index (χ0n) is 9.02. The zero-order valence-corrected chi connectivity index (χ0v) is 9.02. The number of halogens is 4. The van der Waals surface area contributed by atoms with Gasteiger partial charge in [0.25, 0.3) is 0 Å². The molecule has 0 heterocycles. The molecule has 1 saturated carbocycles. The number of benzene rings is 1. The topological polar surface area (TPSA) is 20.2 Å². The van der Waals surface area contributed by atoms with E-state index in [9.17, 15) is 17.6 Å². The van der Waals surface area contributed by atoms with Crippen molar-refractivity contribution in [1.29, 1.82) is 0 Å². The van der Waals surface area contributed by atoms with Gasteiger partial charge in [-0.3, -0.25) is 0 Å². The fourth-order valence-electron chi connectivity index (χ4n) is 1.86. The molecule has 1 nitrogen and oxygen atoms in total. The molecule has 1 aliphatic carbocycles. The van der Waals surface area contributed by atoms with E-state index in [0.717, 1.165) is 31.0 Å². The van der Waals surface area contributed by atoms with Crippen LogP contribution in [0.15, 0.2) is 18.2 Å². The van der Waals surface area contributed by atoms with Gasteiger partial charge >= 0.3 is 6.18 Å². The molecule has 2 rings (SSSR count). The monoisotopic (exact) mass is 248 g/mol. The predicted octanol–water partition coefficient (Wildman–Crippen LogP) is 3.16. The molecule has 5 heteroatoms. The van der Waals surface area contributed by atoms with Crippen LogP contribution in [0.1, 0.15) is 24.0 Å². The van der Waals surface area contributed by atoms with Crippen LogP contribution in [0.2, 0.25) is 0 Å². The minimum Gasteiger partial charge on any atom is -0.396 e. The maximum Gasteiger partial charge on any atom is 0.416 e. The molecule has 0 unspecified atom stereocenters. The van der Waals surface area contributed by atoms with Crippen molar-refractivity contribution in [1.82, 2.24) is 0 Å². The second-order valence-electron chi connectivity index (χ2n) is 4.64. The van der Waals surface area contributed by atoms with Crippen LogP contribution in [0, 0.1) is 11.2 Å². The van der Waals surface area contributed by atoms with Crippen LogP contribution in [0.25, 0.3) is 0 Å². The third-order valence-electron chi connectivity index (χ3n) is 3.23. The molecule has 0 atom stereocenters. The lowest BCUT2D eigenvalue weighted by atomic mass is 9.95. The summed E-state index contributed by atoms with van der Waals surface area (Å²) in [6, 6.07) is 2.41. The van der Waals surface area contributed by atoms with Crippen molar-refractivity contribution in [3.63, 3.8) is 0 Å². The van der Waals surface area contributed by atoms with Crippen LogP contribution in [0.5, 0.6) is 0 Å². The van der Waals surface area contributed by atoms with Crippen molar-refractivity contribution in [2.75, 3.05) is 6.61 Å². The number of rotatable bonds is 3. The lowest BCUT2D eigenvalue weighted by Gasteiger charge is -2.14. The average molecular weight is 248 g/mol.